The number of aromatic nitrogens is 1. The van der Waals surface area contributed by atoms with Gasteiger partial charge in [-0.1, -0.05) is 42.4 Å². The van der Waals surface area contributed by atoms with Crippen LogP contribution in [0.5, 0.6) is 0 Å². The molecule has 1 aliphatic rings. The number of nitrogens with one attached hydrogen (secondary N) is 2. The highest BCUT2D eigenvalue weighted by Crippen LogP contribution is 2.32. The van der Waals surface area contributed by atoms with Crippen molar-refractivity contribution in [3.8, 4) is 0 Å². The Morgan fingerprint density at radius 1 is 1.32 bits per heavy atom. The summed E-state index contributed by atoms with van der Waals surface area (Å²) in [6, 6.07) is 9.95. The third kappa shape index (κ3) is 2.98. The second kappa shape index (κ2) is 6.39. The van der Waals surface area contributed by atoms with E-state index in [2.05, 4.69) is 15.8 Å². The van der Waals surface area contributed by atoms with E-state index in [9.17, 15) is 14.4 Å². The number of carbonyl (C=O) groups excluding carboxylic acids is 3. The number of hydrogen-bond acceptors (Lipinski definition) is 5. The molecule has 1 fully saturated rings. The predicted molar refractivity (Wildman–Crippen MR) is 88.5 cm³/mol. The summed E-state index contributed by atoms with van der Waals surface area (Å²) in [4.78, 5) is 38.2. The zero-order valence-electron chi connectivity index (χ0n) is 13.9. The second-order valence-electron chi connectivity index (χ2n) is 5.82. The molecule has 1 saturated heterocycles. The van der Waals surface area contributed by atoms with Crippen LogP contribution in [0.3, 0.4) is 0 Å². The Morgan fingerprint density at radius 3 is 2.64 bits per heavy atom. The van der Waals surface area contributed by atoms with Crippen molar-refractivity contribution >= 4 is 23.7 Å². The van der Waals surface area contributed by atoms with E-state index in [-0.39, 0.29) is 5.82 Å². The first-order chi connectivity index (χ1) is 12.0. The van der Waals surface area contributed by atoms with Gasteiger partial charge in [-0.2, -0.15) is 0 Å². The molecular weight excluding hydrogens is 324 g/mol. The van der Waals surface area contributed by atoms with Gasteiger partial charge in [-0.3, -0.25) is 14.5 Å². The maximum absolute atomic E-state index is 12.9. The first-order valence-electron chi connectivity index (χ1n) is 7.89. The van der Waals surface area contributed by atoms with Crippen LogP contribution >= 0.6 is 0 Å². The number of carbonyl (C=O) groups is 3. The van der Waals surface area contributed by atoms with Gasteiger partial charge in [0.25, 0.3) is 5.91 Å². The Labute approximate surface area is 144 Å². The summed E-state index contributed by atoms with van der Waals surface area (Å²) in [6.45, 7) is 3.10. The zero-order chi connectivity index (χ0) is 18.0. The summed E-state index contributed by atoms with van der Waals surface area (Å²) in [5.74, 6) is -0.201. The molecule has 2 heterocycles. The summed E-state index contributed by atoms with van der Waals surface area (Å²) in [7, 11) is 0. The molecule has 0 spiro atoms. The minimum absolute atomic E-state index is 0.236. The monoisotopic (exact) mass is 342 g/mol. The van der Waals surface area contributed by atoms with Gasteiger partial charge in [-0.25, -0.2) is 4.79 Å². The van der Waals surface area contributed by atoms with Gasteiger partial charge >= 0.3 is 6.03 Å². The van der Waals surface area contributed by atoms with E-state index in [4.69, 9.17) is 4.52 Å². The quantitative estimate of drug-likeness (QED) is 0.806. The van der Waals surface area contributed by atoms with Crippen molar-refractivity contribution in [2.45, 2.75) is 25.8 Å². The van der Waals surface area contributed by atoms with E-state index in [1.165, 1.54) is 0 Å². The lowest BCUT2D eigenvalue weighted by molar-refractivity contribution is -0.134. The molecule has 0 radical (unpaired) electrons. The molecule has 1 atom stereocenters. The summed E-state index contributed by atoms with van der Waals surface area (Å²) in [6.07, 6.45) is 0.377. The number of benzene rings is 1. The Balaban J connectivity index is 1.78. The predicted octanol–water partition coefficient (Wildman–Crippen LogP) is 1.78. The minimum Gasteiger partial charge on any atom is -0.360 e. The highest BCUT2D eigenvalue weighted by molar-refractivity contribution is 6.10. The van der Waals surface area contributed by atoms with E-state index in [0.29, 0.717) is 17.7 Å². The van der Waals surface area contributed by atoms with Crippen LogP contribution in [-0.2, 0) is 15.1 Å². The van der Waals surface area contributed by atoms with Gasteiger partial charge in [0.15, 0.2) is 5.82 Å². The number of hydrogen-bond donors (Lipinski definition) is 2. The van der Waals surface area contributed by atoms with Gasteiger partial charge in [-0.05, 0) is 18.9 Å². The number of imide groups is 1. The van der Waals surface area contributed by atoms with Gasteiger partial charge in [-0.15, -0.1) is 0 Å². The van der Waals surface area contributed by atoms with Crippen molar-refractivity contribution in [3.05, 3.63) is 47.7 Å². The van der Waals surface area contributed by atoms with Crippen LogP contribution < -0.4 is 10.6 Å². The number of aryl methyl sites for hydroxylation is 1. The molecular formula is C17H18N4O4. The molecule has 2 aromatic rings. The molecule has 0 saturated carbocycles. The lowest BCUT2D eigenvalue weighted by atomic mass is 9.87. The Kier molecular flexibility index (Phi) is 4.26. The van der Waals surface area contributed by atoms with Crippen LogP contribution in [0.4, 0.5) is 10.6 Å². The number of amides is 4. The van der Waals surface area contributed by atoms with E-state index < -0.39 is 29.9 Å². The molecule has 4 amide bonds. The van der Waals surface area contributed by atoms with Crippen LogP contribution in [0, 0.1) is 6.92 Å². The Hall–Kier alpha value is -3.16. The molecule has 1 aliphatic heterocycles. The number of urea groups is 1. The smallest absolute Gasteiger partial charge is 0.325 e. The summed E-state index contributed by atoms with van der Waals surface area (Å²) in [5, 5.41) is 8.88. The Bertz CT molecular complexity index is 817. The van der Waals surface area contributed by atoms with E-state index in [0.717, 1.165) is 4.90 Å². The highest BCUT2D eigenvalue weighted by Gasteiger charge is 2.51. The number of anilines is 1. The molecule has 8 heteroatoms. The maximum atomic E-state index is 12.9. The zero-order valence-corrected chi connectivity index (χ0v) is 13.9. The van der Waals surface area contributed by atoms with Crippen molar-refractivity contribution in [2.75, 3.05) is 11.9 Å². The van der Waals surface area contributed by atoms with Crippen molar-refractivity contribution in [1.29, 1.82) is 0 Å². The van der Waals surface area contributed by atoms with E-state index >= 15 is 0 Å². The first kappa shape index (κ1) is 16.7. The van der Waals surface area contributed by atoms with Crippen molar-refractivity contribution in [3.63, 3.8) is 0 Å². The van der Waals surface area contributed by atoms with Crippen LogP contribution in [0.25, 0.3) is 0 Å². The number of rotatable bonds is 5. The normalized spacial score (nSPS) is 19.8. The summed E-state index contributed by atoms with van der Waals surface area (Å²) >= 11 is 0. The molecule has 1 aromatic heterocycles. The highest BCUT2D eigenvalue weighted by atomic mass is 16.5. The molecule has 25 heavy (non-hydrogen) atoms. The molecule has 0 bridgehead atoms. The fraction of sp³-hybridized carbons (Fsp3) is 0.294. The fourth-order valence-electron chi connectivity index (χ4n) is 2.88. The van der Waals surface area contributed by atoms with Gasteiger partial charge in [0, 0.05) is 6.07 Å². The van der Waals surface area contributed by atoms with Crippen LogP contribution in [0.15, 0.2) is 40.9 Å². The SMILES string of the molecule is CCC1(c2ccccc2)NC(=O)N(CC(=O)Nc2cc(C)on2)C1=O. The molecule has 1 unspecified atom stereocenters. The number of nitrogens with zero attached hydrogens (tertiary/aromatic N) is 2. The van der Waals surface area contributed by atoms with Crippen molar-refractivity contribution < 1.29 is 18.9 Å². The minimum atomic E-state index is -1.15. The van der Waals surface area contributed by atoms with Crippen molar-refractivity contribution in [2.24, 2.45) is 0 Å². The van der Waals surface area contributed by atoms with Crippen LogP contribution in [0.1, 0.15) is 24.7 Å². The Morgan fingerprint density at radius 2 is 2.04 bits per heavy atom. The second-order valence-corrected chi connectivity index (χ2v) is 5.82. The van der Waals surface area contributed by atoms with Gasteiger partial charge in [0.05, 0.1) is 0 Å². The van der Waals surface area contributed by atoms with Crippen LogP contribution in [-0.4, -0.2) is 34.4 Å². The first-order valence-corrected chi connectivity index (χ1v) is 7.89. The fourth-order valence-corrected chi connectivity index (χ4v) is 2.88. The average molecular weight is 342 g/mol. The molecule has 0 aliphatic carbocycles. The molecule has 8 nitrogen and oxygen atoms in total. The van der Waals surface area contributed by atoms with Crippen LogP contribution in [0.2, 0.25) is 0 Å². The summed E-state index contributed by atoms with van der Waals surface area (Å²) < 4.78 is 4.86. The van der Waals surface area contributed by atoms with E-state index in [1.54, 1.807) is 37.3 Å². The van der Waals surface area contributed by atoms with E-state index in [1.807, 2.05) is 13.0 Å². The molecule has 130 valence electrons. The molecule has 2 N–H and O–H groups in total. The largest absolute Gasteiger partial charge is 0.360 e. The van der Waals surface area contributed by atoms with Gasteiger partial charge < -0.3 is 15.2 Å². The maximum Gasteiger partial charge on any atom is 0.325 e. The average Bonchev–Trinajstić information content (AvgIpc) is 3.11. The molecule has 1 aromatic carbocycles. The summed E-state index contributed by atoms with van der Waals surface area (Å²) in [5.41, 5.74) is -0.464. The lowest BCUT2D eigenvalue weighted by Gasteiger charge is -2.25. The van der Waals surface area contributed by atoms with Gasteiger partial charge in [0.2, 0.25) is 5.91 Å². The third-order valence-electron chi connectivity index (χ3n) is 4.17. The van der Waals surface area contributed by atoms with Crippen molar-refractivity contribution in [1.82, 2.24) is 15.4 Å². The standard InChI is InChI=1S/C17H18N4O4/c1-3-17(12-7-5-4-6-8-12)15(23)21(16(24)19-17)10-14(22)18-13-9-11(2)25-20-13/h4-9H,3,10H2,1-2H3,(H,19,24)(H,18,20,22). The third-order valence-corrected chi connectivity index (χ3v) is 4.17. The topological polar surface area (TPSA) is 105 Å². The van der Waals surface area contributed by atoms with Gasteiger partial charge in [0.1, 0.15) is 17.8 Å². The molecule has 3 rings (SSSR count). The lowest BCUT2D eigenvalue weighted by Crippen LogP contribution is -2.44.